The summed E-state index contributed by atoms with van der Waals surface area (Å²) in [5.41, 5.74) is 4.92. The largest absolute Gasteiger partial charge is 0.507 e. The Morgan fingerprint density at radius 2 is 1.80 bits per heavy atom. The van der Waals surface area contributed by atoms with Gasteiger partial charge in [0.05, 0.1) is 34.5 Å². The Kier molecular flexibility index (Phi) is 6.18. The number of carbonyl (C=O) groups is 3. The second-order valence-corrected chi connectivity index (χ2v) is 11.2. The molecule has 0 bridgehead atoms. The lowest BCUT2D eigenvalue weighted by molar-refractivity contribution is -0.132. The minimum atomic E-state index is -0.961. The fourth-order valence-electron chi connectivity index (χ4n) is 5.45. The van der Waals surface area contributed by atoms with E-state index in [9.17, 15) is 19.5 Å². The first kappa shape index (κ1) is 25.8. The number of ketones is 1. The second-order valence-electron chi connectivity index (χ2n) is 10.2. The highest BCUT2D eigenvalue weighted by Gasteiger charge is 2.48. The molecule has 202 valence electrons. The number of carbonyl (C=O) groups excluding carboxylic acids is 3. The molecule has 1 N–H and O–H groups in total. The third-order valence-corrected chi connectivity index (χ3v) is 8.29. The summed E-state index contributed by atoms with van der Waals surface area (Å²) in [5.74, 6) is -1.64. The Labute approximate surface area is 234 Å². The van der Waals surface area contributed by atoms with Crippen molar-refractivity contribution in [3.63, 3.8) is 0 Å². The molecular weight excluding hydrogens is 528 g/mol. The molecule has 0 unspecified atom stereocenters. The Hall–Kier alpha value is -4.50. The van der Waals surface area contributed by atoms with Crippen molar-refractivity contribution < 1.29 is 29.0 Å². The van der Waals surface area contributed by atoms with Gasteiger partial charge in [-0.2, -0.15) is 0 Å². The van der Waals surface area contributed by atoms with Gasteiger partial charge < -0.3 is 14.6 Å². The quantitative estimate of drug-likeness (QED) is 0.150. The van der Waals surface area contributed by atoms with Gasteiger partial charge in [-0.05, 0) is 79.4 Å². The highest BCUT2D eigenvalue weighted by molar-refractivity contribution is 7.22. The van der Waals surface area contributed by atoms with Gasteiger partial charge in [0, 0.05) is 12.0 Å². The number of methoxy groups -OCH3 is 1. The molecule has 2 aliphatic rings. The van der Waals surface area contributed by atoms with Crippen LogP contribution in [-0.4, -0.2) is 41.0 Å². The number of nitrogens with zero attached hydrogens (tertiary/aromatic N) is 2. The number of rotatable bonds is 4. The normalized spacial score (nSPS) is 19.6. The third kappa shape index (κ3) is 4.14. The van der Waals surface area contributed by atoms with Crippen LogP contribution in [0.15, 0.2) is 60.2 Å². The summed E-state index contributed by atoms with van der Waals surface area (Å²) >= 11 is 1.31. The molecule has 3 aromatic carbocycles. The molecule has 0 saturated carbocycles. The summed E-state index contributed by atoms with van der Waals surface area (Å²) < 4.78 is 11.5. The van der Waals surface area contributed by atoms with Crippen molar-refractivity contribution in [2.45, 2.75) is 39.3 Å². The van der Waals surface area contributed by atoms with E-state index in [1.807, 2.05) is 32.9 Å². The van der Waals surface area contributed by atoms with Gasteiger partial charge in [0.25, 0.3) is 5.78 Å². The minimum absolute atomic E-state index is 0.0115. The highest BCUT2D eigenvalue weighted by Crippen LogP contribution is 2.45. The third-order valence-electron chi connectivity index (χ3n) is 7.29. The maximum atomic E-state index is 13.6. The molecule has 1 saturated heterocycles. The zero-order chi connectivity index (χ0) is 28.3. The molecule has 4 aromatic rings. The van der Waals surface area contributed by atoms with E-state index >= 15 is 0 Å². The van der Waals surface area contributed by atoms with E-state index < -0.39 is 23.7 Å². The van der Waals surface area contributed by atoms with Gasteiger partial charge in [-0.1, -0.05) is 29.5 Å². The van der Waals surface area contributed by atoms with Crippen molar-refractivity contribution >= 4 is 50.1 Å². The molecule has 1 amide bonds. The highest BCUT2D eigenvalue weighted by atomic mass is 32.1. The van der Waals surface area contributed by atoms with Gasteiger partial charge in [0.2, 0.25) is 0 Å². The number of thiazole rings is 1. The molecule has 6 rings (SSSR count). The van der Waals surface area contributed by atoms with Gasteiger partial charge in [-0.15, -0.1) is 0 Å². The number of amides is 1. The first-order chi connectivity index (χ1) is 19.2. The van der Waals surface area contributed by atoms with Gasteiger partial charge in [-0.25, -0.2) is 9.78 Å². The molecule has 9 heteroatoms. The van der Waals surface area contributed by atoms with Crippen LogP contribution in [-0.2, 0) is 20.7 Å². The van der Waals surface area contributed by atoms with E-state index in [0.717, 1.165) is 32.7 Å². The maximum absolute atomic E-state index is 13.6. The van der Waals surface area contributed by atoms with Crippen molar-refractivity contribution in [1.29, 1.82) is 0 Å². The van der Waals surface area contributed by atoms with Gasteiger partial charge in [-0.3, -0.25) is 14.5 Å². The molecule has 0 spiro atoms. The number of anilines is 1. The summed E-state index contributed by atoms with van der Waals surface area (Å²) in [6.07, 6.45) is 0.686. The Bertz CT molecular complexity index is 1750. The number of hydrogen-bond acceptors (Lipinski definition) is 8. The number of aromatic nitrogens is 1. The summed E-state index contributed by atoms with van der Waals surface area (Å²) in [5, 5.41) is 11.9. The molecule has 2 aliphatic heterocycles. The molecule has 3 heterocycles. The smallest absolute Gasteiger partial charge is 0.337 e. The first-order valence-electron chi connectivity index (χ1n) is 12.8. The monoisotopic (exact) mass is 554 g/mol. The Morgan fingerprint density at radius 1 is 1.07 bits per heavy atom. The van der Waals surface area contributed by atoms with Crippen LogP contribution >= 0.6 is 11.3 Å². The predicted octanol–water partition coefficient (Wildman–Crippen LogP) is 5.65. The van der Waals surface area contributed by atoms with Gasteiger partial charge >= 0.3 is 11.9 Å². The van der Waals surface area contributed by atoms with E-state index in [1.165, 1.54) is 23.3 Å². The van der Waals surface area contributed by atoms with Gasteiger partial charge in [0.1, 0.15) is 17.6 Å². The number of fused-ring (bicyclic) bond motifs is 2. The summed E-state index contributed by atoms with van der Waals surface area (Å²) in [6, 6.07) is 14.7. The van der Waals surface area contributed by atoms with E-state index in [2.05, 4.69) is 0 Å². The lowest BCUT2D eigenvalue weighted by Gasteiger charge is -2.23. The van der Waals surface area contributed by atoms with Crippen molar-refractivity contribution in [1.82, 2.24) is 4.98 Å². The lowest BCUT2D eigenvalue weighted by atomic mass is 9.94. The molecule has 0 aliphatic carbocycles. The molecule has 40 heavy (non-hydrogen) atoms. The standard InChI is InChI=1S/C31H26N2O6S/c1-15-11-16(2)25-23(12-15)40-31(32-25)33-26(18-5-7-19(8-6-18)30(37)38-4)24(28(35)29(33)36)27(34)20-9-10-22-21(14-20)13-17(3)39-22/h5-12,14,17,26,34H,13H2,1-4H3/b27-24+/t17-,26+/m1/s1. The van der Waals surface area contributed by atoms with E-state index in [1.54, 1.807) is 42.5 Å². The number of aliphatic hydroxyl groups is 1. The molecule has 0 radical (unpaired) electrons. The van der Waals surface area contributed by atoms with Crippen LogP contribution in [0, 0.1) is 13.8 Å². The van der Waals surface area contributed by atoms with Crippen molar-refractivity contribution in [3.8, 4) is 5.75 Å². The molecule has 2 atom stereocenters. The van der Waals surface area contributed by atoms with Gasteiger partial charge in [0.15, 0.2) is 5.13 Å². The molecular formula is C31H26N2O6S. The average molecular weight is 555 g/mol. The number of benzene rings is 3. The number of aryl methyl sites for hydroxylation is 2. The number of hydrogen-bond donors (Lipinski definition) is 1. The van der Waals surface area contributed by atoms with Crippen LogP contribution in [0.3, 0.4) is 0 Å². The minimum Gasteiger partial charge on any atom is -0.507 e. The van der Waals surface area contributed by atoms with Crippen molar-refractivity contribution in [3.05, 3.63) is 93.6 Å². The summed E-state index contributed by atoms with van der Waals surface area (Å²) in [4.78, 5) is 45.4. The fraction of sp³-hybridized carbons (Fsp3) is 0.226. The maximum Gasteiger partial charge on any atom is 0.337 e. The zero-order valence-corrected chi connectivity index (χ0v) is 23.2. The van der Waals surface area contributed by atoms with Crippen LogP contribution in [0.5, 0.6) is 5.75 Å². The summed E-state index contributed by atoms with van der Waals surface area (Å²) in [7, 11) is 1.30. The molecule has 1 fully saturated rings. The number of esters is 1. The topological polar surface area (TPSA) is 106 Å². The van der Waals surface area contributed by atoms with E-state index in [-0.39, 0.29) is 17.4 Å². The Balaban J connectivity index is 1.53. The average Bonchev–Trinajstić information content (AvgIpc) is 3.60. The predicted molar refractivity (Wildman–Crippen MR) is 152 cm³/mol. The Morgan fingerprint density at radius 3 is 2.52 bits per heavy atom. The molecule has 8 nitrogen and oxygen atoms in total. The first-order valence-corrected chi connectivity index (χ1v) is 13.6. The number of Topliss-reactive ketones (excluding diaryl/α,β-unsaturated/α-hetero) is 1. The SMILES string of the molecule is COC(=O)c1ccc([C@H]2/C(=C(\O)c3ccc4c(c3)C[C@@H](C)O4)C(=O)C(=O)N2c2nc3c(C)cc(C)cc3s2)cc1. The fourth-order valence-corrected chi connectivity index (χ4v) is 6.62. The van der Waals surface area contributed by atoms with Crippen LogP contribution in [0.2, 0.25) is 0 Å². The van der Waals surface area contributed by atoms with E-state index in [0.29, 0.717) is 28.2 Å². The van der Waals surface area contributed by atoms with Crippen LogP contribution in [0.1, 0.15) is 51.1 Å². The zero-order valence-electron chi connectivity index (χ0n) is 22.3. The van der Waals surface area contributed by atoms with Crippen molar-refractivity contribution in [2.75, 3.05) is 12.0 Å². The lowest BCUT2D eigenvalue weighted by Crippen LogP contribution is -2.29. The van der Waals surface area contributed by atoms with Crippen molar-refractivity contribution in [2.24, 2.45) is 0 Å². The summed E-state index contributed by atoms with van der Waals surface area (Å²) in [6.45, 7) is 5.90. The van der Waals surface area contributed by atoms with Crippen LogP contribution < -0.4 is 9.64 Å². The van der Waals surface area contributed by atoms with Crippen LogP contribution in [0.25, 0.3) is 16.0 Å². The number of aliphatic hydroxyl groups excluding tert-OH is 1. The number of ether oxygens (including phenoxy) is 2. The second kappa shape index (κ2) is 9.60. The van der Waals surface area contributed by atoms with Crippen LogP contribution in [0.4, 0.5) is 5.13 Å². The van der Waals surface area contributed by atoms with E-state index in [4.69, 9.17) is 14.5 Å². The molecule has 1 aromatic heterocycles.